The Bertz CT molecular complexity index is 1070. The number of likely N-dealkylation sites (N-methyl/N-ethyl adjacent to an activating group) is 1. The molecule has 9 nitrogen and oxygen atoms in total. The number of methoxy groups -OCH3 is 1. The summed E-state index contributed by atoms with van der Waals surface area (Å²) in [5, 5.41) is 8.37. The number of anilines is 1. The molecule has 1 atom stereocenters. The highest BCUT2D eigenvalue weighted by molar-refractivity contribution is 5.92. The molecule has 0 radical (unpaired) electrons. The van der Waals surface area contributed by atoms with Crippen LogP contribution in [0.25, 0.3) is 10.9 Å². The van der Waals surface area contributed by atoms with Gasteiger partial charge in [-0.25, -0.2) is 4.79 Å². The number of nitrogens with zero attached hydrogens (tertiary/aromatic N) is 4. The standard InChI is InChI=1S/C27H39N5O4/c1-28-26(34)23(5-4-16-33)25-22-7-6-21(18-24(22)30(2)29-25)31-12-8-19(9-13-31)17-20-10-14-32(15-11-20)27(35)36-3/h6-7,16,18-20,23H,4-5,8-15,17H2,1-3H3,(H,28,34). The Kier molecular flexibility index (Phi) is 8.48. The smallest absolute Gasteiger partial charge is 0.409 e. The maximum absolute atomic E-state index is 12.5. The van der Waals surface area contributed by atoms with Gasteiger partial charge in [-0.15, -0.1) is 0 Å². The van der Waals surface area contributed by atoms with Crippen molar-refractivity contribution >= 4 is 34.9 Å². The number of fused-ring (bicyclic) bond motifs is 1. The van der Waals surface area contributed by atoms with Crippen molar-refractivity contribution in [3.63, 3.8) is 0 Å². The Morgan fingerprint density at radius 2 is 1.81 bits per heavy atom. The van der Waals surface area contributed by atoms with Crippen LogP contribution in [0.4, 0.5) is 10.5 Å². The predicted molar refractivity (Wildman–Crippen MR) is 139 cm³/mol. The SMILES string of the molecule is CNC(=O)C(CCC=O)c1nn(C)c2cc(N3CCC(CC4CCN(C(=O)OC)CC4)CC3)ccc12. The fourth-order valence-corrected chi connectivity index (χ4v) is 5.91. The molecule has 0 bridgehead atoms. The van der Waals surface area contributed by atoms with Gasteiger partial charge in [-0.05, 0) is 68.6 Å². The average molecular weight is 498 g/mol. The van der Waals surface area contributed by atoms with Gasteiger partial charge in [0.25, 0.3) is 0 Å². The minimum absolute atomic E-state index is 0.112. The second-order valence-electron chi connectivity index (χ2n) is 10.2. The molecule has 3 heterocycles. The third-order valence-electron chi connectivity index (χ3n) is 8.02. The molecule has 0 spiro atoms. The number of rotatable bonds is 8. The first-order valence-corrected chi connectivity index (χ1v) is 13.1. The molecule has 2 aliphatic rings. The van der Waals surface area contributed by atoms with E-state index in [1.54, 1.807) is 7.05 Å². The van der Waals surface area contributed by atoms with Crippen LogP contribution in [-0.4, -0.2) is 73.3 Å². The topological polar surface area (TPSA) is 96.8 Å². The monoisotopic (exact) mass is 497 g/mol. The highest BCUT2D eigenvalue weighted by atomic mass is 16.5. The van der Waals surface area contributed by atoms with Gasteiger partial charge in [0, 0.05) is 57.8 Å². The Hall–Kier alpha value is -3.10. The number of aldehydes is 1. The van der Waals surface area contributed by atoms with E-state index in [-0.39, 0.29) is 12.0 Å². The van der Waals surface area contributed by atoms with Crippen molar-refractivity contribution in [1.82, 2.24) is 20.0 Å². The third kappa shape index (κ3) is 5.65. The number of carbonyl (C=O) groups is 3. The van der Waals surface area contributed by atoms with E-state index in [1.807, 2.05) is 16.6 Å². The van der Waals surface area contributed by atoms with Crippen LogP contribution in [0, 0.1) is 11.8 Å². The highest BCUT2D eigenvalue weighted by Crippen LogP contribution is 2.34. The summed E-state index contributed by atoms with van der Waals surface area (Å²) in [4.78, 5) is 39.4. The molecular formula is C27H39N5O4. The maximum Gasteiger partial charge on any atom is 0.409 e. The van der Waals surface area contributed by atoms with Crippen LogP contribution < -0.4 is 10.2 Å². The van der Waals surface area contributed by atoms with E-state index in [0.29, 0.717) is 18.8 Å². The Morgan fingerprint density at radius 3 is 2.42 bits per heavy atom. The van der Waals surface area contributed by atoms with Crippen LogP contribution in [0.3, 0.4) is 0 Å². The number of hydrogen-bond donors (Lipinski definition) is 1. The molecule has 2 amide bonds. The van der Waals surface area contributed by atoms with Gasteiger partial charge in [0.15, 0.2) is 0 Å². The largest absolute Gasteiger partial charge is 0.453 e. The summed E-state index contributed by atoms with van der Waals surface area (Å²) >= 11 is 0. The van der Waals surface area contributed by atoms with Crippen LogP contribution >= 0.6 is 0 Å². The summed E-state index contributed by atoms with van der Waals surface area (Å²) in [5.74, 6) is 0.872. The molecule has 0 saturated carbocycles. The molecule has 1 unspecified atom stereocenters. The quantitative estimate of drug-likeness (QED) is 0.561. The van der Waals surface area contributed by atoms with Gasteiger partial charge >= 0.3 is 6.09 Å². The van der Waals surface area contributed by atoms with Crippen molar-refractivity contribution in [2.45, 2.75) is 50.9 Å². The summed E-state index contributed by atoms with van der Waals surface area (Å²) in [5.41, 5.74) is 2.92. The lowest BCUT2D eigenvalue weighted by atomic mass is 9.83. The fraction of sp³-hybridized carbons (Fsp3) is 0.630. The summed E-state index contributed by atoms with van der Waals surface area (Å²) in [7, 11) is 4.98. The van der Waals surface area contributed by atoms with Gasteiger partial charge in [0.2, 0.25) is 5.91 Å². The molecule has 2 saturated heterocycles. The molecule has 1 aromatic carbocycles. The van der Waals surface area contributed by atoms with Crippen LogP contribution in [0.5, 0.6) is 0 Å². The summed E-state index contributed by atoms with van der Waals surface area (Å²) in [6, 6.07) is 6.39. The lowest BCUT2D eigenvalue weighted by molar-refractivity contribution is -0.122. The second-order valence-corrected chi connectivity index (χ2v) is 10.2. The van der Waals surface area contributed by atoms with Crippen molar-refractivity contribution in [2.24, 2.45) is 18.9 Å². The number of benzene rings is 1. The number of likely N-dealkylation sites (tertiary alicyclic amines) is 1. The van der Waals surface area contributed by atoms with Crippen LogP contribution in [0.15, 0.2) is 18.2 Å². The van der Waals surface area contributed by atoms with Crippen LogP contribution in [-0.2, 0) is 21.4 Å². The number of nitrogens with one attached hydrogen (secondary N) is 1. The van der Waals surface area contributed by atoms with E-state index in [9.17, 15) is 14.4 Å². The van der Waals surface area contributed by atoms with Crippen molar-refractivity contribution in [1.29, 1.82) is 0 Å². The molecule has 4 rings (SSSR count). The van der Waals surface area contributed by atoms with E-state index in [0.717, 1.165) is 67.8 Å². The first kappa shape index (κ1) is 26.0. The van der Waals surface area contributed by atoms with Gasteiger partial charge < -0.3 is 24.6 Å². The molecule has 9 heteroatoms. The number of piperidine rings is 2. The minimum atomic E-state index is -0.440. The van der Waals surface area contributed by atoms with Crippen molar-refractivity contribution < 1.29 is 19.1 Å². The first-order chi connectivity index (χ1) is 17.4. The van der Waals surface area contributed by atoms with Gasteiger partial charge in [0.05, 0.1) is 24.2 Å². The van der Waals surface area contributed by atoms with Gasteiger partial charge in [-0.1, -0.05) is 0 Å². The van der Waals surface area contributed by atoms with E-state index < -0.39 is 5.92 Å². The van der Waals surface area contributed by atoms with E-state index in [4.69, 9.17) is 4.74 Å². The number of hydrogen-bond acceptors (Lipinski definition) is 6. The zero-order valence-corrected chi connectivity index (χ0v) is 21.7. The molecule has 2 aromatic rings. The highest BCUT2D eigenvalue weighted by Gasteiger charge is 2.28. The summed E-state index contributed by atoms with van der Waals surface area (Å²) in [6.07, 6.45) is 7.16. The number of carbonyl (C=O) groups excluding carboxylic acids is 3. The second kappa shape index (κ2) is 11.8. The van der Waals surface area contributed by atoms with E-state index in [2.05, 4.69) is 33.5 Å². The predicted octanol–water partition coefficient (Wildman–Crippen LogP) is 3.47. The molecule has 36 heavy (non-hydrogen) atoms. The zero-order chi connectivity index (χ0) is 25.7. The molecule has 0 aliphatic carbocycles. The lowest BCUT2D eigenvalue weighted by Gasteiger charge is -2.37. The fourth-order valence-electron chi connectivity index (χ4n) is 5.91. The molecular weight excluding hydrogens is 458 g/mol. The minimum Gasteiger partial charge on any atom is -0.453 e. The van der Waals surface area contributed by atoms with Crippen LogP contribution in [0.1, 0.15) is 56.6 Å². The molecule has 196 valence electrons. The molecule has 2 fully saturated rings. The van der Waals surface area contributed by atoms with E-state index >= 15 is 0 Å². The number of ether oxygens (including phenoxy) is 1. The van der Waals surface area contributed by atoms with Gasteiger partial charge in [-0.3, -0.25) is 9.48 Å². The average Bonchev–Trinajstić information content (AvgIpc) is 3.24. The van der Waals surface area contributed by atoms with E-state index in [1.165, 1.54) is 32.1 Å². The Morgan fingerprint density at radius 1 is 1.14 bits per heavy atom. The molecule has 1 N–H and O–H groups in total. The Labute approximate surface area is 213 Å². The third-order valence-corrected chi connectivity index (χ3v) is 8.02. The number of aryl methyl sites for hydroxylation is 1. The van der Waals surface area contributed by atoms with Gasteiger partial charge in [-0.2, -0.15) is 5.10 Å². The van der Waals surface area contributed by atoms with Crippen LogP contribution in [0.2, 0.25) is 0 Å². The number of aromatic nitrogens is 2. The zero-order valence-electron chi connectivity index (χ0n) is 21.7. The van der Waals surface area contributed by atoms with Crippen molar-refractivity contribution in [3.8, 4) is 0 Å². The van der Waals surface area contributed by atoms with Gasteiger partial charge in [0.1, 0.15) is 6.29 Å². The first-order valence-electron chi connectivity index (χ1n) is 13.1. The normalized spacial score (nSPS) is 18.3. The molecule has 1 aromatic heterocycles. The lowest BCUT2D eigenvalue weighted by Crippen LogP contribution is -2.39. The van der Waals surface area contributed by atoms with Crippen molar-refractivity contribution in [2.75, 3.05) is 45.2 Å². The number of amides is 2. The maximum atomic E-state index is 12.5. The summed E-state index contributed by atoms with van der Waals surface area (Å²) in [6.45, 7) is 3.67. The summed E-state index contributed by atoms with van der Waals surface area (Å²) < 4.78 is 6.70. The Balaban J connectivity index is 1.37. The van der Waals surface area contributed by atoms with Crippen molar-refractivity contribution in [3.05, 3.63) is 23.9 Å². The molecule has 2 aliphatic heterocycles.